The molecule has 0 radical (unpaired) electrons. The monoisotopic (exact) mass is 447 g/mol. The highest BCUT2D eigenvalue weighted by atomic mass is 16.2. The van der Waals surface area contributed by atoms with Gasteiger partial charge in [0, 0.05) is 18.7 Å². The lowest BCUT2D eigenvalue weighted by atomic mass is 10.0. The van der Waals surface area contributed by atoms with Crippen LogP contribution in [0.15, 0.2) is 41.2 Å². The van der Waals surface area contributed by atoms with Crippen molar-refractivity contribution in [1.82, 2.24) is 20.2 Å². The lowest BCUT2D eigenvalue weighted by Gasteiger charge is -2.24. The number of urea groups is 1. The van der Waals surface area contributed by atoms with Crippen LogP contribution in [-0.2, 0) is 16.1 Å². The Balaban J connectivity index is 1.54. The van der Waals surface area contributed by atoms with Crippen molar-refractivity contribution in [2.75, 3.05) is 5.32 Å². The third-order valence-corrected chi connectivity index (χ3v) is 5.88. The second-order valence-corrected chi connectivity index (χ2v) is 8.26. The van der Waals surface area contributed by atoms with Gasteiger partial charge in [0.25, 0.3) is 5.56 Å². The molecule has 1 aliphatic rings. The van der Waals surface area contributed by atoms with Gasteiger partial charge in [-0.1, -0.05) is 12.1 Å². The van der Waals surface area contributed by atoms with Crippen molar-refractivity contribution >= 4 is 34.4 Å². The number of imide groups is 1. The van der Waals surface area contributed by atoms with E-state index in [9.17, 15) is 19.2 Å². The largest absolute Gasteiger partial charge is 0.334 e. The van der Waals surface area contributed by atoms with Crippen LogP contribution in [0.1, 0.15) is 41.4 Å². The number of piperidine rings is 1. The number of aromatic nitrogens is 2. The fourth-order valence-electron chi connectivity index (χ4n) is 3.94. The fraction of sp³-hybridized carbons (Fsp3) is 0.292. The van der Waals surface area contributed by atoms with E-state index < -0.39 is 11.9 Å². The van der Waals surface area contributed by atoms with Crippen LogP contribution in [0.2, 0.25) is 0 Å². The van der Waals surface area contributed by atoms with E-state index in [4.69, 9.17) is 0 Å². The maximum atomic E-state index is 13.2. The van der Waals surface area contributed by atoms with Crippen molar-refractivity contribution in [3.63, 3.8) is 0 Å². The smallest absolute Gasteiger partial charge is 0.319 e. The minimum absolute atomic E-state index is 0.167. The Bertz CT molecular complexity index is 1340. The molecule has 9 nitrogen and oxygen atoms in total. The van der Waals surface area contributed by atoms with Crippen LogP contribution in [0.3, 0.4) is 0 Å². The molecular weight excluding hydrogens is 422 g/mol. The SMILES string of the molecule is Cc1ccc(NC(=O)NCc2ccc3nc(C)n([C@@H]4CCC(=O)NC4=O)c(=O)c3c2)cc1C. The Labute approximate surface area is 190 Å². The number of hydrogen-bond donors (Lipinski definition) is 3. The highest BCUT2D eigenvalue weighted by molar-refractivity contribution is 5.99. The number of anilines is 1. The number of aryl methyl sites for hydroxylation is 3. The highest BCUT2D eigenvalue weighted by Crippen LogP contribution is 2.20. The number of carbonyl (C=O) groups is 3. The fourth-order valence-corrected chi connectivity index (χ4v) is 3.94. The summed E-state index contributed by atoms with van der Waals surface area (Å²) in [4.78, 5) is 53.8. The van der Waals surface area contributed by atoms with Gasteiger partial charge in [0.15, 0.2) is 0 Å². The lowest BCUT2D eigenvalue weighted by molar-refractivity contribution is -0.135. The van der Waals surface area contributed by atoms with E-state index in [1.807, 2.05) is 32.0 Å². The molecule has 3 aromatic rings. The van der Waals surface area contributed by atoms with Crippen molar-refractivity contribution < 1.29 is 14.4 Å². The van der Waals surface area contributed by atoms with Gasteiger partial charge in [0.2, 0.25) is 11.8 Å². The van der Waals surface area contributed by atoms with Gasteiger partial charge in [-0.2, -0.15) is 0 Å². The maximum absolute atomic E-state index is 13.2. The van der Waals surface area contributed by atoms with Gasteiger partial charge in [0.05, 0.1) is 10.9 Å². The minimum Gasteiger partial charge on any atom is -0.334 e. The van der Waals surface area contributed by atoms with Crippen molar-refractivity contribution in [2.24, 2.45) is 0 Å². The summed E-state index contributed by atoms with van der Waals surface area (Å²) in [6, 6.07) is 9.72. The van der Waals surface area contributed by atoms with Gasteiger partial charge in [0.1, 0.15) is 11.9 Å². The zero-order valence-corrected chi connectivity index (χ0v) is 18.7. The van der Waals surface area contributed by atoms with Crippen LogP contribution in [-0.4, -0.2) is 27.4 Å². The first-order valence-corrected chi connectivity index (χ1v) is 10.7. The van der Waals surface area contributed by atoms with E-state index >= 15 is 0 Å². The topological polar surface area (TPSA) is 122 Å². The van der Waals surface area contributed by atoms with Gasteiger partial charge in [-0.3, -0.25) is 24.3 Å². The molecule has 9 heteroatoms. The van der Waals surface area contributed by atoms with E-state index in [1.165, 1.54) is 4.57 Å². The molecule has 1 atom stereocenters. The Morgan fingerprint density at radius 2 is 1.88 bits per heavy atom. The van der Waals surface area contributed by atoms with Crippen LogP contribution in [0, 0.1) is 20.8 Å². The third-order valence-electron chi connectivity index (χ3n) is 5.88. The Hall–Kier alpha value is -4.01. The van der Waals surface area contributed by atoms with Gasteiger partial charge >= 0.3 is 6.03 Å². The molecule has 2 aromatic carbocycles. The molecular formula is C24H25N5O4. The molecule has 2 heterocycles. The number of carbonyl (C=O) groups excluding carboxylic acids is 3. The zero-order valence-electron chi connectivity index (χ0n) is 18.7. The average molecular weight is 447 g/mol. The number of amides is 4. The minimum atomic E-state index is -0.780. The molecule has 3 N–H and O–H groups in total. The summed E-state index contributed by atoms with van der Waals surface area (Å²) in [6.45, 7) is 5.85. The van der Waals surface area contributed by atoms with Crippen LogP contribution in [0.4, 0.5) is 10.5 Å². The average Bonchev–Trinajstić information content (AvgIpc) is 2.76. The van der Waals surface area contributed by atoms with Crippen molar-refractivity contribution in [3.05, 3.63) is 69.3 Å². The van der Waals surface area contributed by atoms with Crippen molar-refractivity contribution in [1.29, 1.82) is 0 Å². The normalized spacial score (nSPS) is 15.9. The summed E-state index contributed by atoms with van der Waals surface area (Å²) in [5, 5.41) is 8.21. The van der Waals surface area contributed by atoms with Crippen molar-refractivity contribution in [2.45, 2.75) is 46.2 Å². The van der Waals surface area contributed by atoms with Gasteiger partial charge < -0.3 is 10.6 Å². The summed E-state index contributed by atoms with van der Waals surface area (Å²) >= 11 is 0. The van der Waals surface area contributed by atoms with Crippen LogP contribution >= 0.6 is 0 Å². The number of nitrogens with one attached hydrogen (secondary N) is 3. The van der Waals surface area contributed by atoms with E-state index in [2.05, 4.69) is 20.9 Å². The van der Waals surface area contributed by atoms with E-state index in [1.54, 1.807) is 25.1 Å². The first kappa shape index (κ1) is 22.2. The number of rotatable bonds is 4. The molecule has 1 fully saturated rings. The van der Waals surface area contributed by atoms with Crippen LogP contribution < -0.4 is 21.5 Å². The molecule has 0 bridgehead atoms. The van der Waals surface area contributed by atoms with E-state index in [0.717, 1.165) is 16.7 Å². The summed E-state index contributed by atoms with van der Waals surface area (Å²) in [5.74, 6) is -0.442. The maximum Gasteiger partial charge on any atom is 0.319 e. The molecule has 1 aliphatic heterocycles. The summed E-state index contributed by atoms with van der Waals surface area (Å²) < 4.78 is 1.34. The standard InChI is InChI=1S/C24H25N5O4/c1-13-4-6-17(10-14(13)2)27-24(33)25-12-16-5-7-19-18(11-16)23(32)29(15(3)26-19)20-8-9-21(30)28-22(20)31/h4-7,10-11,20H,8-9,12H2,1-3H3,(H2,25,27,33)(H,28,30,31)/t20-/m1/s1. The Kier molecular flexibility index (Phi) is 5.95. The molecule has 4 amide bonds. The lowest BCUT2D eigenvalue weighted by Crippen LogP contribution is -2.45. The molecule has 1 aromatic heterocycles. The zero-order chi connectivity index (χ0) is 23.7. The molecule has 1 saturated heterocycles. The number of nitrogens with zero attached hydrogens (tertiary/aromatic N) is 2. The highest BCUT2D eigenvalue weighted by Gasteiger charge is 2.30. The summed E-state index contributed by atoms with van der Waals surface area (Å²) in [7, 11) is 0. The van der Waals surface area contributed by atoms with Gasteiger partial charge in [-0.05, 0) is 68.1 Å². The van der Waals surface area contributed by atoms with Crippen LogP contribution in [0.25, 0.3) is 10.9 Å². The molecule has 170 valence electrons. The predicted molar refractivity (Wildman–Crippen MR) is 124 cm³/mol. The van der Waals surface area contributed by atoms with Crippen molar-refractivity contribution in [3.8, 4) is 0 Å². The molecule has 0 unspecified atom stereocenters. The Morgan fingerprint density at radius 3 is 2.61 bits per heavy atom. The van der Waals surface area contributed by atoms with E-state index in [0.29, 0.717) is 22.4 Å². The second-order valence-electron chi connectivity index (χ2n) is 8.26. The predicted octanol–water partition coefficient (Wildman–Crippen LogP) is 2.62. The first-order chi connectivity index (χ1) is 15.7. The molecule has 33 heavy (non-hydrogen) atoms. The van der Waals surface area contributed by atoms with Gasteiger partial charge in [-0.15, -0.1) is 0 Å². The first-order valence-electron chi connectivity index (χ1n) is 10.7. The summed E-state index contributed by atoms with van der Waals surface area (Å²) in [6.07, 6.45) is 0.415. The Morgan fingerprint density at radius 1 is 1.09 bits per heavy atom. The molecule has 0 spiro atoms. The van der Waals surface area contributed by atoms with Crippen LogP contribution in [0.5, 0.6) is 0 Å². The van der Waals surface area contributed by atoms with E-state index in [-0.39, 0.29) is 36.9 Å². The molecule has 0 saturated carbocycles. The van der Waals surface area contributed by atoms with Gasteiger partial charge in [-0.25, -0.2) is 9.78 Å². The third kappa shape index (κ3) is 4.62. The number of hydrogen-bond acceptors (Lipinski definition) is 5. The second kappa shape index (κ2) is 8.85. The number of fused-ring (bicyclic) bond motifs is 1. The number of benzene rings is 2. The summed E-state index contributed by atoms with van der Waals surface area (Å²) in [5.41, 5.74) is 3.79. The quantitative estimate of drug-likeness (QED) is 0.531. The molecule has 0 aliphatic carbocycles. The molecule has 4 rings (SSSR count).